The van der Waals surface area contributed by atoms with E-state index >= 15 is 0 Å². The second-order valence-electron chi connectivity index (χ2n) is 7.17. The predicted octanol–water partition coefficient (Wildman–Crippen LogP) is 0.715. The molecule has 4 atom stereocenters. The minimum atomic E-state index is -4.45. The number of anilines is 1. The second kappa shape index (κ2) is 7.67. The molecule has 26 heavy (non-hydrogen) atoms. The quantitative estimate of drug-likeness (QED) is 0.722. The fourth-order valence-corrected chi connectivity index (χ4v) is 3.87. The van der Waals surface area contributed by atoms with Crippen LogP contribution < -0.4 is 4.90 Å². The number of likely N-dealkylation sites (tertiary alicyclic amines) is 1. The van der Waals surface area contributed by atoms with Crippen LogP contribution in [0.25, 0.3) is 0 Å². The van der Waals surface area contributed by atoms with Gasteiger partial charge in [-0.2, -0.15) is 13.2 Å². The summed E-state index contributed by atoms with van der Waals surface area (Å²) in [6.07, 6.45) is -4.68. The summed E-state index contributed by atoms with van der Waals surface area (Å²) < 4.78 is 39.7. The zero-order valence-electron chi connectivity index (χ0n) is 14.3. The Morgan fingerprint density at radius 3 is 2.46 bits per heavy atom. The maximum absolute atomic E-state index is 13.2. The summed E-state index contributed by atoms with van der Waals surface area (Å²) in [5, 5.41) is 29.2. The third-order valence-corrected chi connectivity index (χ3v) is 5.11. The number of piperidine rings is 2. The maximum atomic E-state index is 13.2. The number of alkyl halides is 3. The van der Waals surface area contributed by atoms with Gasteiger partial charge in [0.1, 0.15) is 11.9 Å². The molecule has 6 nitrogen and oxygen atoms in total. The van der Waals surface area contributed by atoms with Gasteiger partial charge in [0.2, 0.25) is 0 Å². The first-order chi connectivity index (χ1) is 12.3. The van der Waals surface area contributed by atoms with Crippen molar-refractivity contribution in [3.8, 4) is 0 Å². The van der Waals surface area contributed by atoms with Crippen molar-refractivity contribution in [3.63, 3.8) is 0 Å². The number of pyridine rings is 1. The molecule has 2 aliphatic rings. The van der Waals surface area contributed by atoms with Crippen LogP contribution in [0.1, 0.15) is 18.4 Å². The van der Waals surface area contributed by atoms with Crippen LogP contribution in [0, 0.1) is 5.92 Å². The van der Waals surface area contributed by atoms with Crippen molar-refractivity contribution in [3.05, 3.63) is 23.9 Å². The molecule has 1 aromatic heterocycles. The number of aliphatic hydroxyl groups is 3. The third kappa shape index (κ3) is 4.28. The fraction of sp³-hybridized carbons (Fsp3) is 0.706. The molecule has 146 valence electrons. The lowest BCUT2D eigenvalue weighted by atomic mass is 9.94. The van der Waals surface area contributed by atoms with E-state index in [0.29, 0.717) is 19.6 Å². The summed E-state index contributed by atoms with van der Waals surface area (Å²) in [6.45, 7) is 1.98. The standard InChI is InChI=1S/C17H24F3N3O3/c18-17(19,20)12-4-1-5-21-16(12)23-6-2-3-11(8-23)7-22-9-13(24)15(26)14(25)10-22/h1,4-5,11,13-15,24-26H,2-3,6-10H2/t11-,13-,14+,15?/m0/s1. The van der Waals surface area contributed by atoms with Crippen molar-refractivity contribution < 1.29 is 28.5 Å². The Labute approximate surface area is 149 Å². The van der Waals surface area contributed by atoms with Gasteiger partial charge in [0.25, 0.3) is 0 Å². The first-order valence-electron chi connectivity index (χ1n) is 8.79. The molecule has 0 aliphatic carbocycles. The number of β-amino-alcohol motifs (C(OH)–C–C–N with tert-alkyl or cyclic N) is 2. The number of aliphatic hydroxyl groups excluding tert-OH is 3. The smallest absolute Gasteiger partial charge is 0.389 e. The first-order valence-corrected chi connectivity index (χ1v) is 8.79. The van der Waals surface area contributed by atoms with Gasteiger partial charge in [-0.1, -0.05) is 0 Å². The van der Waals surface area contributed by atoms with Crippen molar-refractivity contribution >= 4 is 5.82 Å². The zero-order chi connectivity index (χ0) is 18.9. The van der Waals surface area contributed by atoms with Crippen molar-refractivity contribution in [2.75, 3.05) is 37.6 Å². The molecular weight excluding hydrogens is 351 g/mol. The van der Waals surface area contributed by atoms with Crippen LogP contribution in [-0.2, 0) is 6.18 Å². The van der Waals surface area contributed by atoms with E-state index in [-0.39, 0.29) is 24.8 Å². The number of nitrogens with zero attached hydrogens (tertiary/aromatic N) is 3. The molecule has 0 radical (unpaired) electrons. The van der Waals surface area contributed by atoms with Crippen molar-refractivity contribution in [1.82, 2.24) is 9.88 Å². The number of hydrogen-bond donors (Lipinski definition) is 3. The maximum Gasteiger partial charge on any atom is 0.419 e. The molecule has 0 saturated carbocycles. The lowest BCUT2D eigenvalue weighted by molar-refractivity contribution is -0.137. The van der Waals surface area contributed by atoms with Crippen LogP contribution in [0.3, 0.4) is 0 Å². The van der Waals surface area contributed by atoms with Gasteiger partial charge in [-0.3, -0.25) is 4.90 Å². The first kappa shape index (κ1) is 19.3. The highest BCUT2D eigenvalue weighted by molar-refractivity contribution is 5.48. The van der Waals surface area contributed by atoms with Gasteiger partial charge in [0.15, 0.2) is 0 Å². The molecule has 9 heteroatoms. The van der Waals surface area contributed by atoms with E-state index in [0.717, 1.165) is 18.9 Å². The Bertz CT molecular complexity index is 604. The number of aromatic nitrogens is 1. The Hall–Kier alpha value is -1.42. The minimum Gasteiger partial charge on any atom is -0.389 e. The number of rotatable bonds is 3. The highest BCUT2D eigenvalue weighted by atomic mass is 19.4. The van der Waals surface area contributed by atoms with E-state index in [1.54, 1.807) is 4.90 Å². The molecule has 3 N–H and O–H groups in total. The molecular formula is C17H24F3N3O3. The minimum absolute atomic E-state index is 0.0427. The van der Waals surface area contributed by atoms with Crippen molar-refractivity contribution in [2.24, 2.45) is 5.92 Å². The Balaban J connectivity index is 1.67. The molecule has 1 aromatic rings. The molecule has 0 bridgehead atoms. The molecule has 1 unspecified atom stereocenters. The monoisotopic (exact) mass is 375 g/mol. The largest absolute Gasteiger partial charge is 0.419 e. The SMILES string of the molecule is OC1[C@H](O)CN(C[C@@H]2CCCN(c3ncccc3C(F)(F)F)C2)C[C@@H]1O. The Morgan fingerprint density at radius 1 is 1.12 bits per heavy atom. The van der Waals surface area contributed by atoms with Gasteiger partial charge < -0.3 is 20.2 Å². The Morgan fingerprint density at radius 2 is 1.81 bits per heavy atom. The van der Waals surface area contributed by atoms with Crippen LogP contribution in [0.4, 0.5) is 19.0 Å². The highest BCUT2D eigenvalue weighted by Crippen LogP contribution is 2.36. The number of halogens is 3. The van der Waals surface area contributed by atoms with Crippen molar-refractivity contribution in [1.29, 1.82) is 0 Å². The molecule has 2 aliphatic heterocycles. The van der Waals surface area contributed by atoms with Gasteiger partial charge in [-0.15, -0.1) is 0 Å². The van der Waals surface area contributed by atoms with E-state index < -0.39 is 30.1 Å². The lowest BCUT2D eigenvalue weighted by Crippen LogP contribution is -2.56. The second-order valence-corrected chi connectivity index (χ2v) is 7.17. The van der Waals surface area contributed by atoms with E-state index in [9.17, 15) is 28.5 Å². The molecule has 3 rings (SSSR count). The molecule has 0 aromatic carbocycles. The summed E-state index contributed by atoms with van der Waals surface area (Å²) in [5.41, 5.74) is -0.729. The van der Waals surface area contributed by atoms with E-state index in [1.807, 2.05) is 4.90 Å². The van der Waals surface area contributed by atoms with Crippen LogP contribution in [0.5, 0.6) is 0 Å². The van der Waals surface area contributed by atoms with E-state index in [4.69, 9.17) is 0 Å². The van der Waals surface area contributed by atoms with Crippen LogP contribution >= 0.6 is 0 Å². The van der Waals surface area contributed by atoms with Crippen LogP contribution in [0.2, 0.25) is 0 Å². The van der Waals surface area contributed by atoms with E-state index in [1.165, 1.54) is 12.3 Å². The summed E-state index contributed by atoms with van der Waals surface area (Å²) in [4.78, 5) is 7.49. The normalized spacial score (nSPS) is 31.2. The summed E-state index contributed by atoms with van der Waals surface area (Å²) in [6, 6.07) is 2.33. The predicted molar refractivity (Wildman–Crippen MR) is 88.6 cm³/mol. The van der Waals surface area contributed by atoms with Gasteiger partial charge in [-0.25, -0.2) is 4.98 Å². The third-order valence-electron chi connectivity index (χ3n) is 5.11. The summed E-state index contributed by atoms with van der Waals surface area (Å²) >= 11 is 0. The van der Waals surface area contributed by atoms with Crippen LogP contribution in [0.15, 0.2) is 18.3 Å². The average Bonchev–Trinajstić information content (AvgIpc) is 2.59. The summed E-state index contributed by atoms with van der Waals surface area (Å²) in [5.74, 6) is 0.0559. The molecule has 3 heterocycles. The molecule has 2 fully saturated rings. The fourth-order valence-electron chi connectivity index (χ4n) is 3.87. The van der Waals surface area contributed by atoms with Crippen LogP contribution in [-0.4, -0.2) is 76.2 Å². The molecule has 0 spiro atoms. The lowest BCUT2D eigenvalue weighted by Gasteiger charge is -2.41. The topological polar surface area (TPSA) is 80.1 Å². The highest BCUT2D eigenvalue weighted by Gasteiger charge is 2.38. The molecule has 2 saturated heterocycles. The van der Waals surface area contributed by atoms with Gasteiger partial charge in [0, 0.05) is 38.9 Å². The van der Waals surface area contributed by atoms with E-state index in [2.05, 4.69) is 4.98 Å². The van der Waals surface area contributed by atoms with Gasteiger partial charge in [0.05, 0.1) is 17.8 Å². The average molecular weight is 375 g/mol. The van der Waals surface area contributed by atoms with Gasteiger partial charge in [-0.05, 0) is 30.9 Å². The Kier molecular flexibility index (Phi) is 5.71. The molecule has 0 amide bonds. The summed E-state index contributed by atoms with van der Waals surface area (Å²) in [7, 11) is 0. The zero-order valence-corrected chi connectivity index (χ0v) is 14.3. The van der Waals surface area contributed by atoms with Crippen molar-refractivity contribution in [2.45, 2.75) is 37.3 Å². The number of hydrogen-bond acceptors (Lipinski definition) is 6. The van der Waals surface area contributed by atoms with Gasteiger partial charge >= 0.3 is 6.18 Å².